The van der Waals surface area contributed by atoms with Crippen molar-refractivity contribution in [2.24, 2.45) is 11.8 Å². The first-order valence-corrected chi connectivity index (χ1v) is 9.74. The lowest BCUT2D eigenvalue weighted by Crippen LogP contribution is -2.19. The van der Waals surface area contributed by atoms with Crippen molar-refractivity contribution in [3.8, 4) is 0 Å². The lowest BCUT2D eigenvalue weighted by Gasteiger charge is -2.18. The van der Waals surface area contributed by atoms with Crippen LogP contribution < -0.4 is 0 Å². The second kappa shape index (κ2) is 12.2. The van der Waals surface area contributed by atoms with E-state index in [1.807, 2.05) is 0 Å². The summed E-state index contributed by atoms with van der Waals surface area (Å²) in [6.07, 6.45) is 10.8. The molecule has 5 nitrogen and oxygen atoms in total. The number of rotatable bonds is 13. The Morgan fingerprint density at radius 3 is 2.60 bits per heavy atom. The summed E-state index contributed by atoms with van der Waals surface area (Å²) in [5, 5.41) is 28.7. The van der Waals surface area contributed by atoms with Crippen molar-refractivity contribution in [1.82, 2.24) is 0 Å². The van der Waals surface area contributed by atoms with Crippen LogP contribution in [0.3, 0.4) is 0 Å². The number of aliphatic carboxylic acids is 1. The number of hydrogen-bond acceptors (Lipinski definition) is 4. The van der Waals surface area contributed by atoms with Gasteiger partial charge in [-0.3, -0.25) is 9.59 Å². The summed E-state index contributed by atoms with van der Waals surface area (Å²) in [6.45, 7) is 2.12. The molecule has 0 aromatic carbocycles. The molecule has 144 valence electrons. The van der Waals surface area contributed by atoms with E-state index in [4.69, 9.17) is 5.11 Å². The van der Waals surface area contributed by atoms with E-state index >= 15 is 0 Å². The van der Waals surface area contributed by atoms with Gasteiger partial charge >= 0.3 is 5.97 Å². The Bertz CT molecular complexity index is 432. The van der Waals surface area contributed by atoms with Gasteiger partial charge in [0, 0.05) is 18.8 Å². The monoisotopic (exact) mass is 354 g/mol. The Morgan fingerprint density at radius 2 is 1.92 bits per heavy atom. The smallest absolute Gasteiger partial charge is 0.303 e. The molecule has 25 heavy (non-hydrogen) atoms. The Kier molecular flexibility index (Phi) is 10.7. The minimum absolute atomic E-state index is 0.0559. The number of aliphatic hydroxyl groups is 2. The minimum Gasteiger partial charge on any atom is -0.481 e. The Labute approximate surface area is 151 Å². The fourth-order valence-electron chi connectivity index (χ4n) is 3.55. The van der Waals surface area contributed by atoms with Crippen LogP contribution in [0.1, 0.15) is 77.6 Å². The summed E-state index contributed by atoms with van der Waals surface area (Å²) in [5.41, 5.74) is 0. The minimum atomic E-state index is -0.764. The molecule has 1 rings (SSSR count). The highest BCUT2D eigenvalue weighted by atomic mass is 16.4. The van der Waals surface area contributed by atoms with E-state index in [2.05, 4.69) is 6.92 Å². The van der Waals surface area contributed by atoms with Gasteiger partial charge in [-0.2, -0.15) is 0 Å². The summed E-state index contributed by atoms with van der Waals surface area (Å²) in [6, 6.07) is 0. The average molecular weight is 354 g/mol. The molecule has 1 saturated carbocycles. The lowest BCUT2D eigenvalue weighted by atomic mass is 9.88. The van der Waals surface area contributed by atoms with Gasteiger partial charge in [0.15, 0.2) is 0 Å². The van der Waals surface area contributed by atoms with Crippen molar-refractivity contribution in [1.29, 1.82) is 0 Å². The third-order valence-corrected chi connectivity index (χ3v) is 5.06. The van der Waals surface area contributed by atoms with Crippen LogP contribution in [0.25, 0.3) is 0 Å². The largest absolute Gasteiger partial charge is 0.481 e. The average Bonchev–Trinajstić information content (AvgIpc) is 2.82. The highest BCUT2D eigenvalue weighted by molar-refractivity contribution is 5.85. The zero-order chi connectivity index (χ0) is 18.7. The van der Waals surface area contributed by atoms with Gasteiger partial charge < -0.3 is 15.3 Å². The van der Waals surface area contributed by atoms with E-state index in [0.717, 1.165) is 44.9 Å². The molecule has 5 heteroatoms. The molecule has 0 saturated heterocycles. The van der Waals surface area contributed by atoms with Crippen molar-refractivity contribution >= 4 is 11.8 Å². The summed E-state index contributed by atoms with van der Waals surface area (Å²) < 4.78 is 0. The molecule has 1 aliphatic rings. The molecule has 0 aromatic heterocycles. The molecule has 0 spiro atoms. The summed E-state index contributed by atoms with van der Waals surface area (Å²) in [4.78, 5) is 22.6. The van der Waals surface area contributed by atoms with Crippen LogP contribution in [0.5, 0.6) is 0 Å². The van der Waals surface area contributed by atoms with Gasteiger partial charge in [-0.1, -0.05) is 57.6 Å². The van der Waals surface area contributed by atoms with Gasteiger partial charge in [0.25, 0.3) is 0 Å². The Balaban J connectivity index is 2.39. The molecule has 0 aliphatic heterocycles. The van der Waals surface area contributed by atoms with Crippen LogP contribution >= 0.6 is 0 Å². The maximum Gasteiger partial charge on any atom is 0.303 e. The van der Waals surface area contributed by atoms with Crippen molar-refractivity contribution in [3.05, 3.63) is 12.2 Å². The molecule has 1 aliphatic carbocycles. The fourth-order valence-corrected chi connectivity index (χ4v) is 3.55. The zero-order valence-electron chi connectivity index (χ0n) is 15.4. The van der Waals surface area contributed by atoms with Gasteiger partial charge in [-0.15, -0.1) is 0 Å². The van der Waals surface area contributed by atoms with Crippen LogP contribution in [-0.2, 0) is 9.59 Å². The first-order valence-electron chi connectivity index (χ1n) is 9.74. The topological polar surface area (TPSA) is 94.8 Å². The third-order valence-electron chi connectivity index (χ3n) is 5.06. The van der Waals surface area contributed by atoms with Gasteiger partial charge in [0.2, 0.25) is 0 Å². The third kappa shape index (κ3) is 8.63. The fraction of sp³-hybridized carbons (Fsp3) is 0.800. The van der Waals surface area contributed by atoms with Crippen LogP contribution in [0.15, 0.2) is 12.2 Å². The van der Waals surface area contributed by atoms with E-state index in [1.165, 1.54) is 0 Å². The maximum atomic E-state index is 12.1. The van der Waals surface area contributed by atoms with Gasteiger partial charge in [-0.25, -0.2) is 0 Å². The number of ketones is 1. The number of unbranched alkanes of at least 4 members (excludes halogenated alkanes) is 5. The summed E-state index contributed by atoms with van der Waals surface area (Å²) in [5.74, 6) is -1.08. The summed E-state index contributed by atoms with van der Waals surface area (Å²) in [7, 11) is 0. The number of hydrogen-bond donors (Lipinski definition) is 3. The van der Waals surface area contributed by atoms with Crippen LogP contribution in [0.4, 0.5) is 0 Å². The predicted octanol–water partition coefficient (Wildman–Crippen LogP) is 3.48. The van der Waals surface area contributed by atoms with Crippen molar-refractivity contribution < 1.29 is 24.9 Å². The number of allylic oxidation sites excluding steroid dienone is 1. The van der Waals surface area contributed by atoms with Crippen molar-refractivity contribution in [2.45, 2.75) is 89.8 Å². The molecule has 4 atom stereocenters. The highest BCUT2D eigenvalue weighted by Crippen LogP contribution is 2.34. The SMILES string of the molecule is CCCCC[C@H](O)/C=C/[C@H]1C(=O)C[C@@H](O)[C@H]1CCCCCCC(=O)O. The molecule has 3 N–H and O–H groups in total. The van der Waals surface area contributed by atoms with Crippen LogP contribution in [0, 0.1) is 11.8 Å². The Hall–Kier alpha value is -1.20. The van der Waals surface area contributed by atoms with E-state index in [9.17, 15) is 19.8 Å². The molecule has 0 heterocycles. The van der Waals surface area contributed by atoms with E-state index in [1.54, 1.807) is 12.2 Å². The second-order valence-corrected chi connectivity index (χ2v) is 7.22. The van der Waals surface area contributed by atoms with E-state index in [0.29, 0.717) is 12.8 Å². The molecule has 0 aromatic rings. The number of carbonyl (C=O) groups is 2. The Morgan fingerprint density at radius 1 is 1.20 bits per heavy atom. The van der Waals surface area contributed by atoms with Crippen LogP contribution in [-0.4, -0.2) is 39.3 Å². The van der Waals surface area contributed by atoms with Gasteiger partial charge in [-0.05, 0) is 25.2 Å². The first-order chi connectivity index (χ1) is 12.0. The van der Waals surface area contributed by atoms with Crippen LogP contribution in [0.2, 0.25) is 0 Å². The molecular weight excluding hydrogens is 320 g/mol. The second-order valence-electron chi connectivity index (χ2n) is 7.22. The quantitative estimate of drug-likeness (QED) is 0.348. The normalized spacial score (nSPS) is 24.9. The lowest BCUT2D eigenvalue weighted by molar-refractivity contribution is -0.137. The van der Waals surface area contributed by atoms with Gasteiger partial charge in [0.05, 0.1) is 12.2 Å². The summed E-state index contributed by atoms with van der Waals surface area (Å²) >= 11 is 0. The van der Waals surface area contributed by atoms with Crippen molar-refractivity contribution in [3.63, 3.8) is 0 Å². The standard InChI is InChI=1S/C20H34O5/c1-2-3-6-9-15(21)12-13-17-16(18(22)14-19(17)23)10-7-4-5-8-11-20(24)25/h12-13,15-18,21-22H,2-11,14H2,1H3,(H,24,25)/b13-12+/t15-,16-,17+,18+/m0/s1. The first kappa shape index (κ1) is 21.8. The number of carboxylic acids is 1. The van der Waals surface area contributed by atoms with Crippen molar-refractivity contribution in [2.75, 3.05) is 0 Å². The molecule has 0 radical (unpaired) electrons. The predicted molar refractivity (Wildman–Crippen MR) is 97.2 cm³/mol. The van der Waals surface area contributed by atoms with E-state index < -0.39 is 18.2 Å². The molecule has 0 bridgehead atoms. The number of Topliss-reactive ketones (excluding diaryl/α,β-unsaturated/α-hetero) is 1. The number of carbonyl (C=O) groups excluding carboxylic acids is 1. The molecule has 0 amide bonds. The van der Waals surface area contributed by atoms with Gasteiger partial charge in [0.1, 0.15) is 5.78 Å². The number of aliphatic hydroxyl groups excluding tert-OH is 2. The van der Waals surface area contributed by atoms with E-state index in [-0.39, 0.29) is 30.5 Å². The molecular formula is C20H34O5. The zero-order valence-corrected chi connectivity index (χ0v) is 15.4. The highest BCUT2D eigenvalue weighted by Gasteiger charge is 2.39. The molecule has 0 unspecified atom stereocenters. The maximum absolute atomic E-state index is 12.1. The number of carboxylic acid groups (broad SMARTS) is 1. The molecule has 1 fully saturated rings.